The van der Waals surface area contributed by atoms with Gasteiger partial charge in [-0.1, -0.05) is 121 Å². The van der Waals surface area contributed by atoms with Crippen LogP contribution in [0.15, 0.2) is 158 Å². The average Bonchev–Trinajstić information content (AvgIpc) is 3.06. The molecule has 8 aromatic carbocycles. The fraction of sp³-hybridized carbons (Fsp3) is 0. The van der Waals surface area contributed by atoms with Crippen LogP contribution in [0, 0.1) is 0 Å². The van der Waals surface area contributed by atoms with E-state index in [9.17, 15) is 0 Å². The maximum Gasteiger partial charge on any atom is 0.177 e. The molecular formula is C40H26O3. The second-order valence-electron chi connectivity index (χ2n) is 10.6. The third-order valence-corrected chi connectivity index (χ3v) is 7.79. The molecule has 0 unspecified atom stereocenters. The minimum absolute atomic E-state index is 0.602. The van der Waals surface area contributed by atoms with Crippen molar-refractivity contribution in [2.45, 2.75) is 0 Å². The zero-order valence-corrected chi connectivity index (χ0v) is 23.2. The van der Waals surface area contributed by atoms with Crippen LogP contribution in [0.5, 0.6) is 34.5 Å². The topological polar surface area (TPSA) is 27.7 Å². The largest absolute Gasteiger partial charge is 0.453 e. The van der Waals surface area contributed by atoms with Crippen LogP contribution in [0.3, 0.4) is 0 Å². The van der Waals surface area contributed by atoms with Crippen LogP contribution in [0.25, 0.3) is 43.1 Å². The molecule has 0 aliphatic carbocycles. The van der Waals surface area contributed by atoms with E-state index >= 15 is 0 Å². The molecule has 3 nitrogen and oxygen atoms in total. The second kappa shape index (κ2) is 10.6. The molecule has 0 saturated heterocycles. The molecule has 0 saturated carbocycles. The monoisotopic (exact) mass is 554 g/mol. The van der Waals surface area contributed by atoms with Gasteiger partial charge in [-0.05, 0) is 68.7 Å². The van der Waals surface area contributed by atoms with Crippen molar-refractivity contribution in [3.63, 3.8) is 0 Å². The molecule has 0 radical (unpaired) electrons. The molecule has 0 heterocycles. The third kappa shape index (κ3) is 4.77. The van der Waals surface area contributed by atoms with Crippen LogP contribution in [0.4, 0.5) is 0 Å². The van der Waals surface area contributed by atoms with Gasteiger partial charge >= 0.3 is 0 Å². The second-order valence-corrected chi connectivity index (χ2v) is 10.6. The Kier molecular flexibility index (Phi) is 6.12. The highest BCUT2D eigenvalue weighted by Crippen LogP contribution is 2.46. The summed E-state index contributed by atoms with van der Waals surface area (Å²) in [5.74, 6) is 3.99. The molecule has 0 atom stereocenters. The first-order chi connectivity index (χ1) is 21.3. The predicted octanol–water partition coefficient (Wildman–Crippen LogP) is 11.7. The Hall–Kier alpha value is -5.80. The fourth-order valence-electron chi connectivity index (χ4n) is 5.63. The molecular weight excluding hydrogens is 528 g/mol. The van der Waals surface area contributed by atoms with Crippen molar-refractivity contribution in [3.05, 3.63) is 158 Å². The first kappa shape index (κ1) is 25.0. The van der Waals surface area contributed by atoms with Gasteiger partial charge in [-0.2, -0.15) is 0 Å². The lowest BCUT2D eigenvalue weighted by Gasteiger charge is -2.18. The molecule has 3 heteroatoms. The first-order valence-electron chi connectivity index (χ1n) is 14.3. The highest BCUT2D eigenvalue weighted by molar-refractivity contribution is 5.93. The maximum atomic E-state index is 6.73. The molecule has 204 valence electrons. The molecule has 43 heavy (non-hydrogen) atoms. The summed E-state index contributed by atoms with van der Waals surface area (Å²) >= 11 is 0. The molecule has 0 spiro atoms. The average molecular weight is 555 g/mol. The molecule has 0 N–H and O–H groups in total. The number of ether oxygens (including phenoxy) is 3. The lowest BCUT2D eigenvalue weighted by atomic mass is 10.1. The van der Waals surface area contributed by atoms with E-state index in [2.05, 4.69) is 84.9 Å². The van der Waals surface area contributed by atoms with Gasteiger partial charge in [0, 0.05) is 10.8 Å². The van der Waals surface area contributed by atoms with E-state index in [1.165, 1.54) is 0 Å². The molecule has 0 amide bonds. The lowest BCUT2D eigenvalue weighted by molar-refractivity contribution is 0.399. The van der Waals surface area contributed by atoms with Crippen LogP contribution >= 0.6 is 0 Å². The van der Waals surface area contributed by atoms with Crippen molar-refractivity contribution in [2.75, 3.05) is 0 Å². The zero-order chi connectivity index (χ0) is 28.6. The van der Waals surface area contributed by atoms with Crippen molar-refractivity contribution in [1.82, 2.24) is 0 Å². The SMILES string of the molecule is c1ccc2cc(Oc3c(Oc4ccc5ccccc5c4Oc4ccc5ccccc5c4)ccc4ccccc34)ccc2c1. The highest BCUT2D eigenvalue weighted by Gasteiger charge is 2.18. The normalized spacial score (nSPS) is 11.3. The summed E-state index contributed by atoms with van der Waals surface area (Å²) in [6.07, 6.45) is 0. The van der Waals surface area contributed by atoms with E-state index in [1.54, 1.807) is 0 Å². The van der Waals surface area contributed by atoms with Gasteiger partial charge < -0.3 is 14.2 Å². The number of hydrogen-bond donors (Lipinski definition) is 0. The van der Waals surface area contributed by atoms with E-state index in [4.69, 9.17) is 14.2 Å². The molecule has 0 aliphatic heterocycles. The smallest absolute Gasteiger partial charge is 0.177 e. The van der Waals surface area contributed by atoms with Gasteiger partial charge in [-0.15, -0.1) is 0 Å². The van der Waals surface area contributed by atoms with Gasteiger partial charge in [0.25, 0.3) is 0 Å². The molecule has 0 aliphatic rings. The predicted molar refractivity (Wildman–Crippen MR) is 176 cm³/mol. The summed E-state index contributed by atoms with van der Waals surface area (Å²) in [5.41, 5.74) is 0. The van der Waals surface area contributed by atoms with Crippen LogP contribution < -0.4 is 14.2 Å². The zero-order valence-electron chi connectivity index (χ0n) is 23.2. The number of rotatable bonds is 6. The van der Waals surface area contributed by atoms with Gasteiger partial charge in [-0.25, -0.2) is 0 Å². The molecule has 8 rings (SSSR count). The lowest BCUT2D eigenvalue weighted by Crippen LogP contribution is -1.95. The van der Waals surface area contributed by atoms with E-state index < -0.39 is 0 Å². The molecule has 8 aromatic rings. The Morgan fingerprint density at radius 3 is 1.12 bits per heavy atom. The molecule has 0 bridgehead atoms. The summed E-state index contributed by atoms with van der Waals surface area (Å²) in [6.45, 7) is 0. The minimum Gasteiger partial charge on any atom is -0.453 e. The number of hydrogen-bond acceptors (Lipinski definition) is 3. The van der Waals surface area contributed by atoms with E-state index in [0.717, 1.165) is 54.6 Å². The maximum absolute atomic E-state index is 6.73. The Bertz CT molecular complexity index is 2120. The van der Waals surface area contributed by atoms with Gasteiger partial charge in [0.15, 0.2) is 23.0 Å². The highest BCUT2D eigenvalue weighted by atomic mass is 16.5. The number of fused-ring (bicyclic) bond motifs is 4. The summed E-state index contributed by atoms with van der Waals surface area (Å²) in [6, 6.07) is 53.2. The van der Waals surface area contributed by atoms with Crippen molar-refractivity contribution >= 4 is 43.1 Å². The third-order valence-electron chi connectivity index (χ3n) is 7.79. The van der Waals surface area contributed by atoms with Crippen molar-refractivity contribution < 1.29 is 14.2 Å². The summed E-state index contributed by atoms with van der Waals surface area (Å²) in [7, 11) is 0. The summed E-state index contributed by atoms with van der Waals surface area (Å²) < 4.78 is 20.0. The molecule has 0 aromatic heterocycles. The quantitative estimate of drug-likeness (QED) is 0.205. The van der Waals surface area contributed by atoms with Crippen molar-refractivity contribution in [1.29, 1.82) is 0 Å². The summed E-state index contributed by atoms with van der Waals surface area (Å²) in [5, 5.41) is 8.61. The first-order valence-corrected chi connectivity index (χ1v) is 14.3. The fourth-order valence-corrected chi connectivity index (χ4v) is 5.63. The van der Waals surface area contributed by atoms with E-state index in [-0.39, 0.29) is 0 Å². The standard InChI is InChI=1S/C40H26O3/c1-3-13-31-25-33(21-17-27(31)9-1)41-39-35-15-7-5-11-29(35)19-23-37(39)43-38-24-20-30-12-6-8-16-36(30)40(38)42-34-22-18-28-10-2-4-14-32(28)26-34/h1-26H. The van der Waals surface area contributed by atoms with Crippen LogP contribution in [-0.4, -0.2) is 0 Å². The van der Waals surface area contributed by atoms with Crippen molar-refractivity contribution in [2.24, 2.45) is 0 Å². The minimum atomic E-state index is 0.602. The van der Waals surface area contributed by atoms with E-state index in [0.29, 0.717) is 23.0 Å². The van der Waals surface area contributed by atoms with Crippen LogP contribution in [0.2, 0.25) is 0 Å². The summed E-state index contributed by atoms with van der Waals surface area (Å²) in [4.78, 5) is 0. The van der Waals surface area contributed by atoms with Crippen LogP contribution in [-0.2, 0) is 0 Å². The van der Waals surface area contributed by atoms with Gasteiger partial charge in [0.2, 0.25) is 0 Å². The Morgan fingerprint density at radius 2 is 0.651 bits per heavy atom. The van der Waals surface area contributed by atoms with Gasteiger partial charge in [-0.3, -0.25) is 0 Å². The molecule has 0 fully saturated rings. The van der Waals surface area contributed by atoms with Crippen molar-refractivity contribution in [3.8, 4) is 34.5 Å². The van der Waals surface area contributed by atoms with Gasteiger partial charge in [0.1, 0.15) is 11.5 Å². The van der Waals surface area contributed by atoms with Crippen LogP contribution in [0.1, 0.15) is 0 Å². The Labute approximate surface area is 249 Å². The van der Waals surface area contributed by atoms with E-state index in [1.807, 2.05) is 72.8 Å². The number of benzene rings is 8. The Morgan fingerprint density at radius 1 is 0.279 bits per heavy atom. The Balaban J connectivity index is 1.24. The van der Waals surface area contributed by atoms with Gasteiger partial charge in [0.05, 0.1) is 0 Å².